The molecule has 0 aromatic carbocycles. The van der Waals surface area contributed by atoms with Crippen molar-refractivity contribution in [3.63, 3.8) is 0 Å². The summed E-state index contributed by atoms with van der Waals surface area (Å²) in [5, 5.41) is 3.79. The predicted octanol–water partition coefficient (Wildman–Crippen LogP) is 1.89. The molecule has 1 saturated heterocycles. The van der Waals surface area contributed by atoms with Gasteiger partial charge in [0.25, 0.3) is 0 Å². The molecule has 2 heterocycles. The molecule has 0 bridgehead atoms. The fourth-order valence-electron chi connectivity index (χ4n) is 1.92. The van der Waals surface area contributed by atoms with E-state index in [1.807, 2.05) is 0 Å². The van der Waals surface area contributed by atoms with E-state index in [0.29, 0.717) is 6.10 Å². The number of hydrogen-bond donors (Lipinski definition) is 1. The second-order valence-corrected chi connectivity index (χ2v) is 4.81. The topological polar surface area (TPSA) is 61.0 Å². The van der Waals surface area contributed by atoms with Gasteiger partial charge in [0.1, 0.15) is 0 Å². The largest absolute Gasteiger partial charge is 0.378 e. The smallest absolute Gasteiger partial charge is 0.0669 e. The van der Waals surface area contributed by atoms with Crippen molar-refractivity contribution in [3.05, 3.63) is 11.1 Å². The van der Waals surface area contributed by atoms with Gasteiger partial charge in [-0.3, -0.25) is 0 Å². The van der Waals surface area contributed by atoms with Crippen LogP contribution in [0.25, 0.3) is 0 Å². The first kappa shape index (κ1) is 11.0. The van der Waals surface area contributed by atoms with Crippen LogP contribution < -0.4 is 5.73 Å². The minimum Gasteiger partial charge on any atom is -0.378 e. The molecule has 84 valence electrons. The van der Waals surface area contributed by atoms with Crippen molar-refractivity contribution < 1.29 is 4.74 Å². The predicted molar refractivity (Wildman–Crippen MR) is 59.7 cm³/mol. The van der Waals surface area contributed by atoms with Crippen LogP contribution in [0.1, 0.15) is 43.0 Å². The van der Waals surface area contributed by atoms with Crippen LogP contribution in [0.2, 0.25) is 0 Å². The highest BCUT2D eigenvalue weighted by atomic mass is 32.1. The Morgan fingerprint density at radius 2 is 2.60 bits per heavy atom. The summed E-state index contributed by atoms with van der Waals surface area (Å²) in [6, 6.07) is 0.103. The molecule has 0 amide bonds. The van der Waals surface area contributed by atoms with Crippen LogP contribution in [0.3, 0.4) is 0 Å². The molecule has 0 spiro atoms. The lowest BCUT2D eigenvalue weighted by Crippen LogP contribution is -2.11. The fourth-order valence-corrected chi connectivity index (χ4v) is 2.45. The van der Waals surface area contributed by atoms with E-state index in [1.165, 1.54) is 24.4 Å². The Morgan fingerprint density at radius 3 is 3.27 bits per heavy atom. The summed E-state index contributed by atoms with van der Waals surface area (Å²) in [6.07, 6.45) is 7.96. The third kappa shape index (κ3) is 3.22. The Labute approximate surface area is 94.0 Å². The van der Waals surface area contributed by atoms with Crippen molar-refractivity contribution in [2.75, 3.05) is 6.61 Å². The van der Waals surface area contributed by atoms with Gasteiger partial charge in [-0.25, -0.2) is 0 Å². The molecule has 2 unspecified atom stereocenters. The van der Waals surface area contributed by atoms with Crippen LogP contribution >= 0.6 is 11.5 Å². The normalized spacial score (nSPS) is 23.1. The van der Waals surface area contributed by atoms with Gasteiger partial charge >= 0.3 is 0 Å². The van der Waals surface area contributed by atoms with Crippen molar-refractivity contribution in [2.24, 2.45) is 5.73 Å². The third-order valence-corrected chi connectivity index (χ3v) is 3.60. The van der Waals surface area contributed by atoms with Gasteiger partial charge in [-0.15, -0.1) is 5.10 Å². The molecular formula is C10H17N3OS. The number of rotatable bonds is 5. The summed E-state index contributed by atoms with van der Waals surface area (Å²) in [6.45, 7) is 0.940. The van der Waals surface area contributed by atoms with Crippen LogP contribution in [-0.2, 0) is 4.74 Å². The Kier molecular flexibility index (Phi) is 4.05. The SMILES string of the molecule is NC(CCCC1CCCO1)c1cnns1. The summed E-state index contributed by atoms with van der Waals surface area (Å²) in [7, 11) is 0. The maximum Gasteiger partial charge on any atom is 0.0669 e. The van der Waals surface area contributed by atoms with Gasteiger partial charge in [0, 0.05) is 12.6 Å². The molecule has 4 nitrogen and oxygen atoms in total. The van der Waals surface area contributed by atoms with Gasteiger partial charge in [0.15, 0.2) is 0 Å². The van der Waals surface area contributed by atoms with Gasteiger partial charge in [-0.2, -0.15) is 0 Å². The summed E-state index contributed by atoms with van der Waals surface area (Å²) in [4.78, 5) is 1.09. The molecule has 1 aliphatic rings. The minimum absolute atomic E-state index is 0.103. The standard InChI is InChI=1S/C10H17N3OS/c11-9(10-7-12-13-15-10)5-1-3-8-4-2-6-14-8/h7-9H,1-6,11H2. The molecule has 2 N–H and O–H groups in total. The number of ether oxygens (including phenoxy) is 1. The van der Waals surface area contributed by atoms with Crippen molar-refractivity contribution in [1.82, 2.24) is 9.59 Å². The first-order chi connectivity index (χ1) is 7.36. The maximum absolute atomic E-state index is 6.01. The first-order valence-electron chi connectivity index (χ1n) is 5.50. The highest BCUT2D eigenvalue weighted by Gasteiger charge is 2.16. The third-order valence-electron chi connectivity index (χ3n) is 2.81. The van der Waals surface area contributed by atoms with E-state index in [0.717, 1.165) is 30.7 Å². The molecule has 1 aromatic rings. The van der Waals surface area contributed by atoms with Crippen molar-refractivity contribution >= 4 is 11.5 Å². The molecular weight excluding hydrogens is 210 g/mol. The number of nitrogens with zero attached hydrogens (tertiary/aromatic N) is 2. The van der Waals surface area contributed by atoms with E-state index in [-0.39, 0.29) is 6.04 Å². The Bertz CT molecular complexity index is 272. The molecule has 2 rings (SSSR count). The van der Waals surface area contributed by atoms with Crippen molar-refractivity contribution in [2.45, 2.75) is 44.2 Å². The van der Waals surface area contributed by atoms with Gasteiger partial charge in [0.2, 0.25) is 0 Å². The highest BCUT2D eigenvalue weighted by molar-refractivity contribution is 7.05. The van der Waals surface area contributed by atoms with E-state index in [9.17, 15) is 0 Å². The van der Waals surface area contributed by atoms with Crippen LogP contribution in [0, 0.1) is 0 Å². The summed E-state index contributed by atoms with van der Waals surface area (Å²) in [5.74, 6) is 0. The van der Waals surface area contributed by atoms with E-state index >= 15 is 0 Å². The summed E-state index contributed by atoms with van der Waals surface area (Å²) >= 11 is 1.40. The molecule has 1 aromatic heterocycles. The summed E-state index contributed by atoms with van der Waals surface area (Å²) < 4.78 is 9.38. The van der Waals surface area contributed by atoms with E-state index in [4.69, 9.17) is 10.5 Å². The lowest BCUT2D eigenvalue weighted by atomic mass is 10.1. The second-order valence-electron chi connectivity index (χ2n) is 3.99. The first-order valence-corrected chi connectivity index (χ1v) is 6.28. The molecule has 0 saturated carbocycles. The zero-order chi connectivity index (χ0) is 10.5. The van der Waals surface area contributed by atoms with E-state index in [2.05, 4.69) is 9.59 Å². The van der Waals surface area contributed by atoms with E-state index < -0.39 is 0 Å². The zero-order valence-electron chi connectivity index (χ0n) is 8.76. The molecule has 15 heavy (non-hydrogen) atoms. The van der Waals surface area contributed by atoms with E-state index in [1.54, 1.807) is 6.20 Å². The van der Waals surface area contributed by atoms with Gasteiger partial charge in [-0.1, -0.05) is 4.49 Å². The van der Waals surface area contributed by atoms with Crippen LogP contribution in [0.15, 0.2) is 6.20 Å². The molecule has 1 fully saturated rings. The average molecular weight is 227 g/mol. The molecule has 5 heteroatoms. The second kappa shape index (κ2) is 5.53. The Morgan fingerprint density at radius 1 is 1.67 bits per heavy atom. The minimum atomic E-state index is 0.103. The fraction of sp³-hybridized carbons (Fsp3) is 0.800. The monoisotopic (exact) mass is 227 g/mol. The maximum atomic E-state index is 6.01. The number of aromatic nitrogens is 2. The quantitative estimate of drug-likeness (QED) is 0.834. The van der Waals surface area contributed by atoms with Gasteiger partial charge in [0.05, 0.1) is 17.2 Å². The highest BCUT2D eigenvalue weighted by Crippen LogP contribution is 2.22. The number of nitrogens with two attached hydrogens (primary N) is 1. The molecule has 1 aliphatic heterocycles. The lowest BCUT2D eigenvalue weighted by Gasteiger charge is -2.11. The van der Waals surface area contributed by atoms with Crippen LogP contribution in [0.5, 0.6) is 0 Å². The van der Waals surface area contributed by atoms with Crippen molar-refractivity contribution in [3.8, 4) is 0 Å². The molecule has 2 atom stereocenters. The van der Waals surface area contributed by atoms with Gasteiger partial charge < -0.3 is 10.5 Å². The zero-order valence-corrected chi connectivity index (χ0v) is 9.58. The molecule has 0 radical (unpaired) electrons. The Hall–Kier alpha value is -0.520. The molecule has 0 aliphatic carbocycles. The summed E-state index contributed by atoms with van der Waals surface area (Å²) in [5.41, 5.74) is 6.01. The Balaban J connectivity index is 1.65. The van der Waals surface area contributed by atoms with Crippen molar-refractivity contribution in [1.29, 1.82) is 0 Å². The number of hydrogen-bond acceptors (Lipinski definition) is 5. The van der Waals surface area contributed by atoms with Crippen LogP contribution in [0.4, 0.5) is 0 Å². The van der Waals surface area contributed by atoms with Crippen LogP contribution in [-0.4, -0.2) is 22.3 Å². The average Bonchev–Trinajstić information content (AvgIpc) is 2.90. The van der Waals surface area contributed by atoms with Gasteiger partial charge in [-0.05, 0) is 43.6 Å². The lowest BCUT2D eigenvalue weighted by molar-refractivity contribution is 0.101.